The molecule has 0 spiro atoms. The van der Waals surface area contributed by atoms with Gasteiger partial charge in [0, 0.05) is 18.2 Å². The van der Waals surface area contributed by atoms with Crippen LogP contribution in [0.5, 0.6) is 5.75 Å². The van der Waals surface area contributed by atoms with Crippen molar-refractivity contribution in [3.8, 4) is 5.75 Å². The Morgan fingerprint density at radius 1 is 1.25 bits per heavy atom. The lowest BCUT2D eigenvalue weighted by molar-refractivity contribution is 0.474. The molecule has 0 aliphatic rings. The monoisotopic (exact) mass is 217 g/mol. The van der Waals surface area contributed by atoms with Crippen LogP contribution < -0.4 is 5.32 Å². The van der Waals surface area contributed by atoms with Gasteiger partial charge in [0.1, 0.15) is 5.75 Å². The first-order valence-electron chi connectivity index (χ1n) is 5.29. The van der Waals surface area contributed by atoms with E-state index in [-0.39, 0.29) is 6.04 Å². The molecular weight excluding hydrogens is 202 g/mol. The van der Waals surface area contributed by atoms with Crippen molar-refractivity contribution >= 4 is 0 Å². The van der Waals surface area contributed by atoms with E-state index in [0.29, 0.717) is 5.75 Å². The third-order valence-corrected chi connectivity index (χ3v) is 2.59. The Labute approximate surface area is 94.7 Å². The van der Waals surface area contributed by atoms with Gasteiger partial charge in [-0.1, -0.05) is 12.1 Å². The third kappa shape index (κ3) is 2.64. The van der Waals surface area contributed by atoms with Crippen molar-refractivity contribution in [2.24, 2.45) is 0 Å². The van der Waals surface area contributed by atoms with Gasteiger partial charge >= 0.3 is 0 Å². The molecular formula is C13H15NO2. The molecule has 0 amide bonds. The summed E-state index contributed by atoms with van der Waals surface area (Å²) >= 11 is 0. The van der Waals surface area contributed by atoms with Gasteiger partial charge in [0.25, 0.3) is 0 Å². The van der Waals surface area contributed by atoms with Crippen molar-refractivity contribution in [3.05, 3.63) is 54.0 Å². The van der Waals surface area contributed by atoms with Crippen molar-refractivity contribution in [3.63, 3.8) is 0 Å². The van der Waals surface area contributed by atoms with Crippen LogP contribution in [0.15, 0.2) is 47.3 Å². The summed E-state index contributed by atoms with van der Waals surface area (Å²) < 4.78 is 5.03. The predicted molar refractivity (Wildman–Crippen MR) is 62.1 cm³/mol. The standard InChI is InChI=1S/C13H15NO2/c1-10(12-6-7-16-9-12)14-8-11-2-4-13(15)5-3-11/h2-7,9-10,14-15H,8H2,1H3. The van der Waals surface area contributed by atoms with Gasteiger partial charge in [-0.05, 0) is 30.7 Å². The van der Waals surface area contributed by atoms with Crippen LogP contribution in [0.25, 0.3) is 0 Å². The summed E-state index contributed by atoms with van der Waals surface area (Å²) in [6.07, 6.45) is 3.42. The lowest BCUT2D eigenvalue weighted by Crippen LogP contribution is -2.17. The highest BCUT2D eigenvalue weighted by Gasteiger charge is 2.05. The minimum absolute atomic E-state index is 0.257. The predicted octanol–water partition coefficient (Wildman–Crippen LogP) is 2.84. The lowest BCUT2D eigenvalue weighted by atomic mass is 10.1. The molecule has 0 saturated carbocycles. The summed E-state index contributed by atoms with van der Waals surface area (Å²) in [6.45, 7) is 2.86. The number of phenols is 1. The summed E-state index contributed by atoms with van der Waals surface area (Å²) in [5.74, 6) is 0.298. The van der Waals surface area contributed by atoms with Crippen molar-refractivity contribution in [1.29, 1.82) is 0 Å². The van der Waals surface area contributed by atoms with Gasteiger partial charge < -0.3 is 14.8 Å². The van der Waals surface area contributed by atoms with Crippen LogP contribution in [0.3, 0.4) is 0 Å². The minimum Gasteiger partial charge on any atom is -0.508 e. The lowest BCUT2D eigenvalue weighted by Gasteiger charge is -2.11. The fraction of sp³-hybridized carbons (Fsp3) is 0.231. The van der Waals surface area contributed by atoms with Gasteiger partial charge in [-0.3, -0.25) is 0 Å². The molecule has 1 unspecified atom stereocenters. The number of nitrogens with one attached hydrogen (secondary N) is 1. The molecule has 2 aromatic rings. The number of hydrogen-bond acceptors (Lipinski definition) is 3. The zero-order valence-corrected chi connectivity index (χ0v) is 9.18. The van der Waals surface area contributed by atoms with Crippen LogP contribution in [0, 0.1) is 0 Å². The number of aromatic hydroxyl groups is 1. The first-order chi connectivity index (χ1) is 7.75. The highest BCUT2D eigenvalue weighted by atomic mass is 16.3. The molecule has 1 aromatic carbocycles. The number of furan rings is 1. The molecule has 0 bridgehead atoms. The largest absolute Gasteiger partial charge is 0.508 e. The fourth-order valence-electron chi connectivity index (χ4n) is 1.52. The molecule has 0 saturated heterocycles. The second-order valence-electron chi connectivity index (χ2n) is 3.83. The molecule has 1 atom stereocenters. The highest BCUT2D eigenvalue weighted by molar-refractivity contribution is 5.26. The quantitative estimate of drug-likeness (QED) is 0.827. The molecule has 84 valence electrons. The second-order valence-corrected chi connectivity index (χ2v) is 3.83. The Kier molecular flexibility index (Phi) is 3.27. The molecule has 0 aliphatic heterocycles. The maximum atomic E-state index is 9.15. The normalized spacial score (nSPS) is 12.6. The average molecular weight is 217 g/mol. The van der Waals surface area contributed by atoms with Crippen LogP contribution in [-0.2, 0) is 6.54 Å². The first-order valence-corrected chi connectivity index (χ1v) is 5.29. The zero-order valence-electron chi connectivity index (χ0n) is 9.18. The third-order valence-electron chi connectivity index (χ3n) is 2.59. The smallest absolute Gasteiger partial charge is 0.115 e. The molecule has 1 heterocycles. The van der Waals surface area contributed by atoms with E-state index in [0.717, 1.165) is 17.7 Å². The Bertz CT molecular complexity index is 420. The molecule has 16 heavy (non-hydrogen) atoms. The maximum absolute atomic E-state index is 9.15. The van der Waals surface area contributed by atoms with Crippen LogP contribution in [0.2, 0.25) is 0 Å². The van der Waals surface area contributed by atoms with E-state index in [4.69, 9.17) is 9.52 Å². The van der Waals surface area contributed by atoms with Gasteiger partial charge in [-0.25, -0.2) is 0 Å². The summed E-state index contributed by atoms with van der Waals surface area (Å²) in [5.41, 5.74) is 2.28. The van der Waals surface area contributed by atoms with Crippen LogP contribution in [0.1, 0.15) is 24.1 Å². The van der Waals surface area contributed by atoms with Crippen LogP contribution >= 0.6 is 0 Å². The summed E-state index contributed by atoms with van der Waals surface area (Å²) in [5, 5.41) is 12.5. The van der Waals surface area contributed by atoms with E-state index < -0.39 is 0 Å². The van der Waals surface area contributed by atoms with Gasteiger partial charge in [-0.2, -0.15) is 0 Å². The topological polar surface area (TPSA) is 45.4 Å². The van der Waals surface area contributed by atoms with E-state index in [1.165, 1.54) is 0 Å². The van der Waals surface area contributed by atoms with Crippen LogP contribution in [-0.4, -0.2) is 5.11 Å². The molecule has 3 heteroatoms. The van der Waals surface area contributed by atoms with Gasteiger partial charge in [0.15, 0.2) is 0 Å². The number of phenolic OH excluding ortho intramolecular Hbond substituents is 1. The Morgan fingerprint density at radius 3 is 2.62 bits per heavy atom. The first kappa shape index (κ1) is 10.8. The molecule has 3 nitrogen and oxygen atoms in total. The minimum atomic E-state index is 0.257. The van der Waals surface area contributed by atoms with Gasteiger partial charge in [-0.15, -0.1) is 0 Å². The molecule has 0 aliphatic carbocycles. The number of benzene rings is 1. The van der Waals surface area contributed by atoms with E-state index in [9.17, 15) is 0 Å². The Balaban J connectivity index is 1.90. The molecule has 2 rings (SSSR count). The Morgan fingerprint density at radius 2 is 2.00 bits per heavy atom. The molecule has 0 radical (unpaired) electrons. The van der Waals surface area contributed by atoms with E-state index in [1.807, 2.05) is 18.2 Å². The Hall–Kier alpha value is -1.74. The second kappa shape index (κ2) is 4.86. The molecule has 2 N–H and O–H groups in total. The SMILES string of the molecule is CC(NCc1ccc(O)cc1)c1ccoc1. The zero-order chi connectivity index (χ0) is 11.4. The van der Waals surface area contributed by atoms with Crippen molar-refractivity contribution in [2.75, 3.05) is 0 Å². The summed E-state index contributed by atoms with van der Waals surface area (Å²) in [6, 6.07) is 9.41. The fourth-order valence-corrected chi connectivity index (χ4v) is 1.52. The van der Waals surface area contributed by atoms with E-state index >= 15 is 0 Å². The van der Waals surface area contributed by atoms with Crippen molar-refractivity contribution in [2.45, 2.75) is 19.5 Å². The highest BCUT2D eigenvalue weighted by Crippen LogP contribution is 2.14. The van der Waals surface area contributed by atoms with Gasteiger partial charge in [0.05, 0.1) is 12.5 Å². The summed E-state index contributed by atoms with van der Waals surface area (Å²) in [4.78, 5) is 0. The number of hydrogen-bond donors (Lipinski definition) is 2. The molecule has 1 aromatic heterocycles. The van der Waals surface area contributed by atoms with E-state index in [2.05, 4.69) is 12.2 Å². The van der Waals surface area contributed by atoms with Crippen molar-refractivity contribution < 1.29 is 9.52 Å². The van der Waals surface area contributed by atoms with Gasteiger partial charge in [0.2, 0.25) is 0 Å². The molecule has 0 fully saturated rings. The number of rotatable bonds is 4. The average Bonchev–Trinajstić information content (AvgIpc) is 2.81. The summed E-state index contributed by atoms with van der Waals surface area (Å²) in [7, 11) is 0. The van der Waals surface area contributed by atoms with Crippen LogP contribution in [0.4, 0.5) is 0 Å². The van der Waals surface area contributed by atoms with E-state index in [1.54, 1.807) is 24.7 Å². The van der Waals surface area contributed by atoms with Crippen molar-refractivity contribution in [1.82, 2.24) is 5.32 Å². The maximum Gasteiger partial charge on any atom is 0.115 e.